The molecule has 3 unspecified atom stereocenters. The van der Waals surface area contributed by atoms with E-state index in [0.29, 0.717) is 17.5 Å². The zero-order valence-electron chi connectivity index (χ0n) is 13.8. The number of carboxylic acid groups (broad SMARTS) is 1. The summed E-state index contributed by atoms with van der Waals surface area (Å²) in [4.78, 5) is 13.8. The van der Waals surface area contributed by atoms with E-state index in [1.807, 2.05) is 18.2 Å². The number of likely N-dealkylation sites (tertiary alicyclic amines) is 1. The maximum Gasteiger partial charge on any atom is 0.335 e. The van der Waals surface area contributed by atoms with Gasteiger partial charge in [-0.3, -0.25) is 4.90 Å². The summed E-state index contributed by atoms with van der Waals surface area (Å²) in [6.07, 6.45) is 3.90. The summed E-state index contributed by atoms with van der Waals surface area (Å²) in [5, 5.41) is 9.20. The van der Waals surface area contributed by atoms with Gasteiger partial charge in [-0.25, -0.2) is 4.79 Å². The van der Waals surface area contributed by atoms with Crippen LogP contribution in [0.4, 0.5) is 0 Å². The fourth-order valence-electron chi connectivity index (χ4n) is 4.69. The van der Waals surface area contributed by atoms with Crippen LogP contribution in [-0.4, -0.2) is 28.6 Å². The van der Waals surface area contributed by atoms with Gasteiger partial charge >= 0.3 is 5.97 Å². The number of fused-ring (bicyclic) bond motifs is 1. The highest BCUT2D eigenvalue weighted by molar-refractivity contribution is 5.87. The molecular formula is C21H23NO2. The topological polar surface area (TPSA) is 40.5 Å². The van der Waals surface area contributed by atoms with Gasteiger partial charge in [0.05, 0.1) is 5.56 Å². The van der Waals surface area contributed by atoms with Crippen LogP contribution in [0, 0.1) is 5.92 Å². The Balaban J connectivity index is 1.56. The number of carboxylic acids is 1. The minimum absolute atomic E-state index is 0.384. The van der Waals surface area contributed by atoms with Gasteiger partial charge in [-0.05, 0) is 42.0 Å². The Bertz CT molecular complexity index is 728. The van der Waals surface area contributed by atoms with Crippen LogP contribution in [-0.2, 0) is 6.54 Å². The van der Waals surface area contributed by atoms with Crippen LogP contribution < -0.4 is 0 Å². The second kappa shape index (κ2) is 6.40. The van der Waals surface area contributed by atoms with Gasteiger partial charge in [0.25, 0.3) is 0 Å². The Labute approximate surface area is 142 Å². The third-order valence-corrected chi connectivity index (χ3v) is 5.74. The lowest BCUT2D eigenvalue weighted by Gasteiger charge is -2.23. The zero-order valence-corrected chi connectivity index (χ0v) is 13.8. The summed E-state index contributed by atoms with van der Waals surface area (Å²) >= 11 is 0. The lowest BCUT2D eigenvalue weighted by atomic mass is 9.87. The molecule has 1 N–H and O–H groups in total. The minimum Gasteiger partial charge on any atom is -0.478 e. The first kappa shape index (κ1) is 15.4. The van der Waals surface area contributed by atoms with E-state index in [1.165, 1.54) is 24.8 Å². The summed E-state index contributed by atoms with van der Waals surface area (Å²) in [6.45, 7) is 1.93. The maximum absolute atomic E-state index is 11.2. The zero-order chi connectivity index (χ0) is 16.5. The summed E-state index contributed by atoms with van der Waals surface area (Å²) in [5.74, 6) is 0.510. The average molecular weight is 321 g/mol. The van der Waals surface area contributed by atoms with Crippen LogP contribution in [0.1, 0.15) is 46.7 Å². The van der Waals surface area contributed by atoms with Crippen LogP contribution in [0.5, 0.6) is 0 Å². The smallest absolute Gasteiger partial charge is 0.335 e. The number of carbonyl (C=O) groups is 1. The van der Waals surface area contributed by atoms with Gasteiger partial charge in [0.2, 0.25) is 0 Å². The van der Waals surface area contributed by atoms with Crippen LogP contribution in [0.25, 0.3) is 0 Å². The number of aromatic carboxylic acids is 1. The van der Waals surface area contributed by atoms with E-state index in [0.717, 1.165) is 24.6 Å². The first-order chi connectivity index (χ1) is 11.7. The van der Waals surface area contributed by atoms with Gasteiger partial charge in [-0.1, -0.05) is 48.9 Å². The maximum atomic E-state index is 11.2. The van der Waals surface area contributed by atoms with E-state index in [9.17, 15) is 9.90 Å². The highest BCUT2D eigenvalue weighted by atomic mass is 16.4. The van der Waals surface area contributed by atoms with Crippen molar-refractivity contribution in [1.82, 2.24) is 4.90 Å². The second-order valence-corrected chi connectivity index (χ2v) is 7.11. The van der Waals surface area contributed by atoms with E-state index >= 15 is 0 Å². The molecule has 1 saturated carbocycles. The predicted octanol–water partition coefficient (Wildman–Crippen LogP) is 4.15. The summed E-state index contributed by atoms with van der Waals surface area (Å²) in [6, 6.07) is 18.9. The molecule has 1 aliphatic heterocycles. The number of hydrogen-bond acceptors (Lipinski definition) is 2. The molecule has 3 nitrogen and oxygen atoms in total. The number of nitrogens with zero attached hydrogens (tertiary/aromatic N) is 1. The van der Waals surface area contributed by atoms with Gasteiger partial charge in [-0.2, -0.15) is 0 Å². The predicted molar refractivity (Wildman–Crippen MR) is 94.1 cm³/mol. The van der Waals surface area contributed by atoms with Crippen molar-refractivity contribution in [3.8, 4) is 0 Å². The molecule has 1 aliphatic carbocycles. The van der Waals surface area contributed by atoms with Crippen molar-refractivity contribution < 1.29 is 9.90 Å². The van der Waals surface area contributed by atoms with Crippen LogP contribution in [0.2, 0.25) is 0 Å². The molecule has 1 heterocycles. The van der Waals surface area contributed by atoms with Crippen molar-refractivity contribution in [3.05, 3.63) is 71.3 Å². The molecule has 2 fully saturated rings. The molecule has 0 amide bonds. The number of benzene rings is 2. The van der Waals surface area contributed by atoms with E-state index in [1.54, 1.807) is 6.07 Å². The van der Waals surface area contributed by atoms with Gasteiger partial charge in [0.15, 0.2) is 0 Å². The molecule has 2 aromatic rings. The molecule has 0 radical (unpaired) electrons. The van der Waals surface area contributed by atoms with Gasteiger partial charge in [0, 0.05) is 25.0 Å². The average Bonchev–Trinajstić information content (AvgIpc) is 3.20. The van der Waals surface area contributed by atoms with E-state index < -0.39 is 5.97 Å². The lowest BCUT2D eigenvalue weighted by Crippen LogP contribution is -2.29. The van der Waals surface area contributed by atoms with E-state index in [4.69, 9.17) is 0 Å². The number of hydrogen-bond donors (Lipinski definition) is 1. The summed E-state index contributed by atoms with van der Waals surface area (Å²) in [5.41, 5.74) is 2.94. The number of rotatable bonds is 4. The van der Waals surface area contributed by atoms with E-state index in [-0.39, 0.29) is 0 Å². The standard InChI is InChI=1S/C21H23NO2/c23-21(24)17-9-4-6-15(12-17)13-22-14-19(16-7-2-1-3-8-16)18-10-5-11-20(18)22/h1-4,6-9,12,18-20H,5,10-11,13-14H2,(H,23,24). The molecular weight excluding hydrogens is 298 g/mol. The SMILES string of the molecule is O=C(O)c1cccc(CN2CC(c3ccccc3)C3CCCC32)c1. The quantitative estimate of drug-likeness (QED) is 0.919. The van der Waals surface area contributed by atoms with Crippen molar-refractivity contribution in [2.24, 2.45) is 5.92 Å². The van der Waals surface area contributed by atoms with Gasteiger partial charge < -0.3 is 5.11 Å². The monoisotopic (exact) mass is 321 g/mol. The highest BCUT2D eigenvalue weighted by Crippen LogP contribution is 2.46. The normalized spacial score (nSPS) is 26.4. The lowest BCUT2D eigenvalue weighted by molar-refractivity contribution is 0.0696. The molecule has 24 heavy (non-hydrogen) atoms. The van der Waals surface area contributed by atoms with Crippen molar-refractivity contribution in [3.63, 3.8) is 0 Å². The Morgan fingerprint density at radius 1 is 1.08 bits per heavy atom. The Morgan fingerprint density at radius 2 is 1.92 bits per heavy atom. The Kier molecular flexibility index (Phi) is 4.11. The largest absolute Gasteiger partial charge is 0.478 e. The highest BCUT2D eigenvalue weighted by Gasteiger charge is 2.44. The molecule has 1 saturated heterocycles. The van der Waals surface area contributed by atoms with Crippen molar-refractivity contribution in [2.75, 3.05) is 6.54 Å². The van der Waals surface area contributed by atoms with E-state index in [2.05, 4.69) is 35.2 Å². The molecule has 124 valence electrons. The Hall–Kier alpha value is -2.13. The molecule has 2 aromatic carbocycles. The van der Waals surface area contributed by atoms with Crippen LogP contribution >= 0.6 is 0 Å². The van der Waals surface area contributed by atoms with Gasteiger partial charge in [0.1, 0.15) is 0 Å². The fourth-order valence-corrected chi connectivity index (χ4v) is 4.69. The summed E-state index contributed by atoms with van der Waals surface area (Å²) in [7, 11) is 0. The molecule has 4 rings (SSSR count). The van der Waals surface area contributed by atoms with Crippen molar-refractivity contribution in [1.29, 1.82) is 0 Å². The first-order valence-electron chi connectivity index (χ1n) is 8.83. The van der Waals surface area contributed by atoms with Crippen molar-refractivity contribution in [2.45, 2.75) is 37.8 Å². The molecule has 2 aliphatic rings. The first-order valence-corrected chi connectivity index (χ1v) is 8.83. The third kappa shape index (κ3) is 2.84. The molecule has 3 heteroatoms. The molecule has 0 aromatic heterocycles. The summed E-state index contributed by atoms with van der Waals surface area (Å²) < 4.78 is 0. The van der Waals surface area contributed by atoms with Crippen LogP contribution in [0.15, 0.2) is 54.6 Å². The fraction of sp³-hybridized carbons (Fsp3) is 0.381. The molecule has 0 spiro atoms. The van der Waals surface area contributed by atoms with Gasteiger partial charge in [-0.15, -0.1) is 0 Å². The van der Waals surface area contributed by atoms with Crippen LogP contribution in [0.3, 0.4) is 0 Å². The van der Waals surface area contributed by atoms with Crippen molar-refractivity contribution >= 4 is 5.97 Å². The molecule has 0 bridgehead atoms. The third-order valence-electron chi connectivity index (χ3n) is 5.74. The Morgan fingerprint density at radius 3 is 2.71 bits per heavy atom. The minimum atomic E-state index is -0.848. The molecule has 3 atom stereocenters. The second-order valence-electron chi connectivity index (χ2n) is 7.11.